The number of likely N-dealkylation sites (tertiary alicyclic amines) is 1. The third kappa shape index (κ3) is 2.44. The predicted octanol–water partition coefficient (Wildman–Crippen LogP) is 0.350. The Morgan fingerprint density at radius 1 is 1.42 bits per heavy atom. The SMILES string of the molecule is COc1cc(OC)c(N)c(C(=O)N2CC(CO)C2)c1. The van der Waals surface area contributed by atoms with Gasteiger partial charge in [0.1, 0.15) is 11.5 Å². The van der Waals surface area contributed by atoms with Crippen molar-refractivity contribution in [2.45, 2.75) is 0 Å². The molecule has 104 valence electrons. The van der Waals surface area contributed by atoms with Crippen LogP contribution < -0.4 is 15.2 Å². The summed E-state index contributed by atoms with van der Waals surface area (Å²) in [4.78, 5) is 13.9. The number of hydrogen-bond donors (Lipinski definition) is 2. The number of carbonyl (C=O) groups is 1. The fourth-order valence-electron chi connectivity index (χ4n) is 2.09. The zero-order valence-corrected chi connectivity index (χ0v) is 11.0. The van der Waals surface area contributed by atoms with E-state index in [9.17, 15) is 4.79 Å². The molecule has 0 aromatic heterocycles. The average Bonchev–Trinajstić information content (AvgIpc) is 2.37. The van der Waals surface area contributed by atoms with Crippen molar-refractivity contribution >= 4 is 11.6 Å². The van der Waals surface area contributed by atoms with Crippen molar-refractivity contribution in [1.29, 1.82) is 0 Å². The number of amides is 1. The molecule has 1 saturated heterocycles. The van der Waals surface area contributed by atoms with Crippen LogP contribution in [0, 0.1) is 5.92 Å². The molecule has 1 heterocycles. The van der Waals surface area contributed by atoms with E-state index in [1.165, 1.54) is 14.2 Å². The first-order valence-electron chi connectivity index (χ1n) is 6.02. The number of anilines is 1. The van der Waals surface area contributed by atoms with Crippen molar-refractivity contribution in [3.05, 3.63) is 17.7 Å². The lowest BCUT2D eigenvalue weighted by Crippen LogP contribution is -2.51. The molecular formula is C13H18N2O4. The zero-order valence-electron chi connectivity index (χ0n) is 11.0. The van der Waals surface area contributed by atoms with Gasteiger partial charge >= 0.3 is 0 Å². The molecule has 0 radical (unpaired) electrons. The Labute approximate surface area is 111 Å². The molecule has 0 spiro atoms. The maximum atomic E-state index is 12.3. The molecule has 1 aliphatic heterocycles. The highest BCUT2D eigenvalue weighted by atomic mass is 16.5. The Hall–Kier alpha value is -1.95. The van der Waals surface area contributed by atoms with E-state index in [0.717, 1.165) is 0 Å². The number of hydrogen-bond acceptors (Lipinski definition) is 5. The van der Waals surface area contributed by atoms with Gasteiger partial charge in [0, 0.05) is 31.7 Å². The third-order valence-electron chi connectivity index (χ3n) is 3.30. The molecule has 6 nitrogen and oxygen atoms in total. The summed E-state index contributed by atoms with van der Waals surface area (Å²) in [5, 5.41) is 8.97. The van der Waals surface area contributed by atoms with Gasteiger partial charge in [-0.15, -0.1) is 0 Å². The zero-order chi connectivity index (χ0) is 14.0. The second-order valence-corrected chi connectivity index (χ2v) is 4.55. The number of nitrogens with zero attached hydrogens (tertiary/aromatic N) is 1. The monoisotopic (exact) mass is 266 g/mol. The Morgan fingerprint density at radius 3 is 2.63 bits per heavy atom. The van der Waals surface area contributed by atoms with Crippen LogP contribution in [0.5, 0.6) is 11.5 Å². The Bertz CT molecular complexity index is 484. The standard InChI is InChI=1S/C13H18N2O4/c1-18-9-3-10(12(14)11(4-9)19-2)13(17)15-5-8(6-15)7-16/h3-4,8,16H,5-7,14H2,1-2H3. The maximum absolute atomic E-state index is 12.3. The van der Waals surface area contributed by atoms with Crippen LogP contribution in [0.1, 0.15) is 10.4 Å². The van der Waals surface area contributed by atoms with Crippen molar-refractivity contribution in [3.8, 4) is 11.5 Å². The van der Waals surface area contributed by atoms with Gasteiger partial charge in [0.05, 0.1) is 25.5 Å². The molecule has 0 atom stereocenters. The number of ether oxygens (including phenoxy) is 2. The highest BCUT2D eigenvalue weighted by Gasteiger charge is 2.32. The van der Waals surface area contributed by atoms with E-state index in [2.05, 4.69) is 0 Å². The Balaban J connectivity index is 2.26. The van der Waals surface area contributed by atoms with Crippen LogP contribution in [0.2, 0.25) is 0 Å². The molecule has 0 aliphatic carbocycles. The molecule has 0 saturated carbocycles. The molecule has 1 fully saturated rings. The third-order valence-corrected chi connectivity index (χ3v) is 3.30. The van der Waals surface area contributed by atoms with Crippen molar-refractivity contribution in [2.75, 3.05) is 39.6 Å². The van der Waals surface area contributed by atoms with E-state index < -0.39 is 0 Å². The maximum Gasteiger partial charge on any atom is 0.256 e. The minimum Gasteiger partial charge on any atom is -0.497 e. The topological polar surface area (TPSA) is 85.0 Å². The molecule has 6 heteroatoms. The van der Waals surface area contributed by atoms with Crippen LogP contribution in [0.4, 0.5) is 5.69 Å². The fraction of sp³-hybridized carbons (Fsp3) is 0.462. The van der Waals surface area contributed by atoms with Gasteiger partial charge < -0.3 is 25.2 Å². The molecule has 1 aromatic carbocycles. The van der Waals surface area contributed by atoms with Crippen molar-refractivity contribution in [2.24, 2.45) is 5.92 Å². The van der Waals surface area contributed by atoms with Gasteiger partial charge in [0.15, 0.2) is 0 Å². The highest BCUT2D eigenvalue weighted by Crippen LogP contribution is 2.32. The Kier molecular flexibility index (Phi) is 3.80. The van der Waals surface area contributed by atoms with Gasteiger partial charge in [-0.1, -0.05) is 0 Å². The number of methoxy groups -OCH3 is 2. The number of nitrogens with two attached hydrogens (primary N) is 1. The summed E-state index contributed by atoms with van der Waals surface area (Å²) in [7, 11) is 3.01. The fourth-order valence-corrected chi connectivity index (χ4v) is 2.09. The first-order valence-corrected chi connectivity index (χ1v) is 6.02. The normalized spacial score (nSPS) is 15.0. The van der Waals surface area contributed by atoms with Gasteiger partial charge in [0.2, 0.25) is 0 Å². The summed E-state index contributed by atoms with van der Waals surface area (Å²) in [5.41, 5.74) is 6.60. The lowest BCUT2D eigenvalue weighted by molar-refractivity contribution is 0.0362. The molecule has 1 aromatic rings. The van der Waals surface area contributed by atoms with Crippen LogP contribution in [0.15, 0.2) is 12.1 Å². The quantitative estimate of drug-likeness (QED) is 0.768. The first-order chi connectivity index (χ1) is 9.10. The van der Waals surface area contributed by atoms with Crippen LogP contribution in [-0.2, 0) is 0 Å². The van der Waals surface area contributed by atoms with E-state index in [1.807, 2.05) is 0 Å². The second kappa shape index (κ2) is 5.36. The molecule has 2 rings (SSSR count). The van der Waals surface area contributed by atoms with Gasteiger partial charge in [-0.3, -0.25) is 4.79 Å². The molecule has 19 heavy (non-hydrogen) atoms. The van der Waals surface area contributed by atoms with E-state index in [1.54, 1.807) is 17.0 Å². The van der Waals surface area contributed by atoms with E-state index in [4.69, 9.17) is 20.3 Å². The molecule has 3 N–H and O–H groups in total. The van der Waals surface area contributed by atoms with Gasteiger partial charge in [-0.25, -0.2) is 0 Å². The van der Waals surface area contributed by atoms with Gasteiger partial charge in [0.25, 0.3) is 5.91 Å². The summed E-state index contributed by atoms with van der Waals surface area (Å²) in [6.07, 6.45) is 0. The number of aliphatic hydroxyl groups is 1. The molecule has 1 aliphatic rings. The number of carbonyl (C=O) groups excluding carboxylic acids is 1. The van der Waals surface area contributed by atoms with Crippen LogP contribution in [0.25, 0.3) is 0 Å². The number of nitrogen functional groups attached to an aromatic ring is 1. The number of aliphatic hydroxyl groups excluding tert-OH is 1. The van der Waals surface area contributed by atoms with Crippen molar-refractivity contribution < 1.29 is 19.4 Å². The minimum absolute atomic E-state index is 0.0979. The lowest BCUT2D eigenvalue weighted by atomic mass is 9.99. The summed E-state index contributed by atoms with van der Waals surface area (Å²) >= 11 is 0. The van der Waals surface area contributed by atoms with Crippen LogP contribution in [0.3, 0.4) is 0 Å². The molecule has 1 amide bonds. The van der Waals surface area contributed by atoms with Gasteiger partial charge in [-0.05, 0) is 6.07 Å². The smallest absolute Gasteiger partial charge is 0.256 e. The van der Waals surface area contributed by atoms with Crippen LogP contribution >= 0.6 is 0 Å². The summed E-state index contributed by atoms with van der Waals surface area (Å²) in [5.74, 6) is 0.938. The molecule has 0 unspecified atom stereocenters. The average molecular weight is 266 g/mol. The number of rotatable bonds is 4. The van der Waals surface area contributed by atoms with Gasteiger partial charge in [-0.2, -0.15) is 0 Å². The first kappa shape index (κ1) is 13.5. The Morgan fingerprint density at radius 2 is 2.11 bits per heavy atom. The van der Waals surface area contributed by atoms with Crippen molar-refractivity contribution in [3.63, 3.8) is 0 Å². The van der Waals surface area contributed by atoms with E-state index >= 15 is 0 Å². The summed E-state index contributed by atoms with van der Waals surface area (Å²) in [6.45, 7) is 1.20. The highest BCUT2D eigenvalue weighted by molar-refractivity contribution is 6.01. The summed E-state index contributed by atoms with van der Waals surface area (Å²) in [6, 6.07) is 3.24. The largest absolute Gasteiger partial charge is 0.497 e. The minimum atomic E-state index is -0.167. The second-order valence-electron chi connectivity index (χ2n) is 4.55. The summed E-state index contributed by atoms with van der Waals surface area (Å²) < 4.78 is 10.3. The van der Waals surface area contributed by atoms with Crippen LogP contribution in [-0.4, -0.2) is 49.8 Å². The molecule has 0 bridgehead atoms. The van der Waals surface area contributed by atoms with E-state index in [0.29, 0.717) is 35.8 Å². The lowest BCUT2D eigenvalue weighted by Gasteiger charge is -2.38. The van der Waals surface area contributed by atoms with Crippen molar-refractivity contribution in [1.82, 2.24) is 4.90 Å². The van der Waals surface area contributed by atoms with E-state index in [-0.39, 0.29) is 18.4 Å². The number of benzene rings is 1. The predicted molar refractivity (Wildman–Crippen MR) is 70.4 cm³/mol. The molecular weight excluding hydrogens is 248 g/mol.